The first-order valence-corrected chi connectivity index (χ1v) is 6.10. The quantitative estimate of drug-likeness (QED) is 0.895. The van der Waals surface area contributed by atoms with Crippen LogP contribution in [0.25, 0.3) is 0 Å². The van der Waals surface area contributed by atoms with Gasteiger partial charge in [0.05, 0.1) is 0 Å². The molecule has 0 aliphatic heterocycles. The van der Waals surface area contributed by atoms with E-state index >= 15 is 0 Å². The lowest BCUT2D eigenvalue weighted by Gasteiger charge is -2.10. The summed E-state index contributed by atoms with van der Waals surface area (Å²) in [7, 11) is 3.87. The highest BCUT2D eigenvalue weighted by Crippen LogP contribution is 2.20. The van der Waals surface area contributed by atoms with E-state index in [-0.39, 0.29) is 5.91 Å². The summed E-state index contributed by atoms with van der Waals surface area (Å²) < 4.78 is 0. The van der Waals surface area contributed by atoms with Crippen LogP contribution in [0.4, 0.5) is 0 Å². The summed E-state index contributed by atoms with van der Waals surface area (Å²) in [5.41, 5.74) is 0.870. The highest BCUT2D eigenvalue weighted by molar-refractivity contribution is 6.35. The summed E-state index contributed by atoms with van der Waals surface area (Å²) >= 11 is 11.8. The van der Waals surface area contributed by atoms with Gasteiger partial charge in [-0.15, -0.1) is 0 Å². The number of nitrogens with zero attached hydrogens (tertiary/aromatic N) is 1. The maximum Gasteiger partial charge on any atom is 0.221 e. The number of rotatable bonds is 5. The predicted molar refractivity (Wildman–Crippen MR) is 71.5 cm³/mol. The van der Waals surface area contributed by atoms with Crippen LogP contribution in [0, 0.1) is 0 Å². The van der Waals surface area contributed by atoms with Crippen LogP contribution in [-0.4, -0.2) is 31.4 Å². The van der Waals surface area contributed by atoms with E-state index in [1.165, 1.54) is 0 Å². The van der Waals surface area contributed by atoms with Crippen LogP contribution in [-0.2, 0) is 11.3 Å². The van der Waals surface area contributed by atoms with Crippen molar-refractivity contribution in [3.8, 4) is 0 Å². The molecule has 0 atom stereocenters. The molecule has 0 saturated carbocycles. The molecule has 0 aliphatic rings. The molecule has 1 rings (SSSR count). The molecule has 0 aromatic heterocycles. The Morgan fingerprint density at radius 3 is 2.65 bits per heavy atom. The van der Waals surface area contributed by atoms with E-state index in [9.17, 15) is 4.79 Å². The van der Waals surface area contributed by atoms with Crippen LogP contribution in [0.1, 0.15) is 12.0 Å². The Morgan fingerprint density at radius 2 is 2.06 bits per heavy atom. The molecular weight excluding hydrogens is 259 g/mol. The lowest BCUT2D eigenvalue weighted by Crippen LogP contribution is -2.27. The van der Waals surface area contributed by atoms with Gasteiger partial charge < -0.3 is 10.2 Å². The van der Waals surface area contributed by atoms with Crippen molar-refractivity contribution in [3.05, 3.63) is 33.8 Å². The van der Waals surface area contributed by atoms with Gasteiger partial charge in [-0.3, -0.25) is 4.79 Å². The van der Waals surface area contributed by atoms with Crippen LogP contribution < -0.4 is 5.32 Å². The Balaban J connectivity index is 2.42. The van der Waals surface area contributed by atoms with Crippen LogP contribution in [0.2, 0.25) is 10.0 Å². The van der Waals surface area contributed by atoms with E-state index in [0.29, 0.717) is 23.0 Å². The first-order valence-electron chi connectivity index (χ1n) is 5.34. The van der Waals surface area contributed by atoms with E-state index in [4.69, 9.17) is 23.2 Å². The maximum absolute atomic E-state index is 11.5. The Labute approximate surface area is 112 Å². The van der Waals surface area contributed by atoms with Crippen LogP contribution in [0.5, 0.6) is 0 Å². The summed E-state index contributed by atoms with van der Waals surface area (Å²) in [6, 6.07) is 5.25. The number of halogens is 2. The van der Waals surface area contributed by atoms with Gasteiger partial charge in [-0.05, 0) is 31.8 Å². The minimum atomic E-state index is 0.0183. The highest BCUT2D eigenvalue weighted by Gasteiger charge is 2.05. The molecule has 0 heterocycles. The fourth-order valence-electron chi connectivity index (χ4n) is 1.27. The van der Waals surface area contributed by atoms with Crippen molar-refractivity contribution in [2.24, 2.45) is 0 Å². The Hall–Kier alpha value is -0.770. The molecule has 94 valence electrons. The molecule has 3 nitrogen and oxygen atoms in total. The van der Waals surface area contributed by atoms with Gasteiger partial charge in [-0.1, -0.05) is 29.3 Å². The number of amides is 1. The molecule has 0 aliphatic carbocycles. The van der Waals surface area contributed by atoms with Crippen molar-refractivity contribution in [3.63, 3.8) is 0 Å². The minimum Gasteiger partial charge on any atom is -0.352 e. The second-order valence-electron chi connectivity index (χ2n) is 4.07. The molecule has 0 spiro atoms. The zero-order valence-electron chi connectivity index (χ0n) is 9.96. The summed E-state index contributed by atoms with van der Waals surface area (Å²) in [6.45, 7) is 1.17. The van der Waals surface area contributed by atoms with E-state index < -0.39 is 0 Å². The third-order valence-electron chi connectivity index (χ3n) is 2.28. The number of benzene rings is 1. The average molecular weight is 275 g/mol. The third kappa shape index (κ3) is 5.39. The van der Waals surface area contributed by atoms with Crippen molar-refractivity contribution in [1.82, 2.24) is 10.2 Å². The van der Waals surface area contributed by atoms with Crippen molar-refractivity contribution in [2.45, 2.75) is 13.0 Å². The van der Waals surface area contributed by atoms with E-state index in [0.717, 1.165) is 12.1 Å². The predicted octanol–water partition coefficient (Wildman–Crippen LogP) is 2.56. The largest absolute Gasteiger partial charge is 0.352 e. The van der Waals surface area contributed by atoms with Gasteiger partial charge in [-0.25, -0.2) is 0 Å². The van der Waals surface area contributed by atoms with Crippen LogP contribution >= 0.6 is 23.2 Å². The molecule has 1 aromatic carbocycles. The normalized spacial score (nSPS) is 10.6. The standard InChI is InChI=1S/C12H16Cl2N2O/c1-16(2)6-5-12(17)15-8-9-3-4-10(13)7-11(9)14/h3-4,7H,5-6,8H2,1-2H3,(H,15,17). The van der Waals surface area contributed by atoms with Gasteiger partial charge in [0.15, 0.2) is 0 Å². The first-order chi connectivity index (χ1) is 7.99. The number of nitrogens with one attached hydrogen (secondary N) is 1. The first kappa shape index (κ1) is 14.3. The van der Waals surface area contributed by atoms with E-state index in [1.54, 1.807) is 12.1 Å². The average Bonchev–Trinajstić information content (AvgIpc) is 2.25. The zero-order chi connectivity index (χ0) is 12.8. The molecule has 0 bridgehead atoms. The van der Waals surface area contributed by atoms with Gasteiger partial charge in [0.25, 0.3) is 0 Å². The van der Waals surface area contributed by atoms with Crippen LogP contribution in [0.3, 0.4) is 0 Å². The monoisotopic (exact) mass is 274 g/mol. The zero-order valence-corrected chi connectivity index (χ0v) is 11.5. The molecule has 1 aromatic rings. The van der Waals surface area contributed by atoms with E-state index in [2.05, 4.69) is 5.32 Å². The molecule has 0 unspecified atom stereocenters. The Bertz CT molecular complexity index is 394. The van der Waals surface area contributed by atoms with Crippen LogP contribution in [0.15, 0.2) is 18.2 Å². The highest BCUT2D eigenvalue weighted by atomic mass is 35.5. The van der Waals surface area contributed by atoms with Gasteiger partial charge in [0.2, 0.25) is 5.91 Å². The Morgan fingerprint density at radius 1 is 1.35 bits per heavy atom. The summed E-state index contributed by atoms with van der Waals surface area (Å²) in [6.07, 6.45) is 0.484. The molecular formula is C12H16Cl2N2O. The molecule has 1 amide bonds. The second-order valence-corrected chi connectivity index (χ2v) is 4.91. The van der Waals surface area contributed by atoms with Gasteiger partial charge in [-0.2, -0.15) is 0 Å². The summed E-state index contributed by atoms with van der Waals surface area (Å²) in [4.78, 5) is 13.5. The number of carbonyl (C=O) groups excluding carboxylic acids is 1. The number of carbonyl (C=O) groups is 1. The molecule has 0 fully saturated rings. The maximum atomic E-state index is 11.5. The summed E-state index contributed by atoms with van der Waals surface area (Å²) in [5, 5.41) is 3.99. The topological polar surface area (TPSA) is 32.3 Å². The summed E-state index contributed by atoms with van der Waals surface area (Å²) in [5.74, 6) is 0.0183. The van der Waals surface area contributed by atoms with Gasteiger partial charge in [0, 0.05) is 29.6 Å². The molecule has 5 heteroatoms. The third-order valence-corrected chi connectivity index (χ3v) is 2.86. The Kier molecular flexibility index (Phi) is 5.75. The molecule has 0 radical (unpaired) electrons. The lowest BCUT2D eigenvalue weighted by molar-refractivity contribution is -0.121. The lowest BCUT2D eigenvalue weighted by atomic mass is 10.2. The van der Waals surface area contributed by atoms with Crippen molar-refractivity contribution in [1.29, 1.82) is 0 Å². The fraction of sp³-hybridized carbons (Fsp3) is 0.417. The van der Waals surface area contributed by atoms with Gasteiger partial charge in [0.1, 0.15) is 0 Å². The van der Waals surface area contributed by atoms with E-state index in [1.807, 2.05) is 25.1 Å². The van der Waals surface area contributed by atoms with Crippen molar-refractivity contribution < 1.29 is 4.79 Å². The molecule has 0 saturated heterocycles. The minimum absolute atomic E-state index is 0.0183. The van der Waals surface area contributed by atoms with Gasteiger partial charge >= 0.3 is 0 Å². The van der Waals surface area contributed by atoms with Crippen molar-refractivity contribution >= 4 is 29.1 Å². The molecule has 1 N–H and O–H groups in total. The smallest absolute Gasteiger partial charge is 0.221 e. The molecule has 17 heavy (non-hydrogen) atoms. The SMILES string of the molecule is CN(C)CCC(=O)NCc1ccc(Cl)cc1Cl. The fourth-order valence-corrected chi connectivity index (χ4v) is 1.75. The van der Waals surface area contributed by atoms with Crippen molar-refractivity contribution in [2.75, 3.05) is 20.6 Å². The number of hydrogen-bond acceptors (Lipinski definition) is 2. The number of hydrogen-bond donors (Lipinski definition) is 1. The second kappa shape index (κ2) is 6.84.